The quantitative estimate of drug-likeness (QED) is 0.671. The number of aromatic hydroxyl groups is 1. The summed E-state index contributed by atoms with van der Waals surface area (Å²) in [6, 6.07) is 1.49. The Bertz CT molecular complexity index is 1170. The van der Waals surface area contributed by atoms with Gasteiger partial charge in [-0.2, -0.15) is 0 Å². The minimum Gasteiger partial charge on any atom is -0.503 e. The molecule has 2 amide bonds. The number of likely N-dealkylation sites (N-methyl/N-ethyl adjacent to an activating group) is 1. The van der Waals surface area contributed by atoms with Gasteiger partial charge in [-0.05, 0) is 19.4 Å². The van der Waals surface area contributed by atoms with Crippen LogP contribution < -0.4 is 10.7 Å². The topological polar surface area (TPSA) is 101 Å². The van der Waals surface area contributed by atoms with Crippen molar-refractivity contribution in [2.45, 2.75) is 32.0 Å². The lowest BCUT2D eigenvalue weighted by Gasteiger charge is -2.45. The van der Waals surface area contributed by atoms with Gasteiger partial charge >= 0.3 is 0 Å². The van der Waals surface area contributed by atoms with Crippen LogP contribution in [0.4, 0.5) is 8.78 Å². The Morgan fingerprint density at radius 1 is 1.31 bits per heavy atom. The first-order valence-corrected chi connectivity index (χ1v) is 10.4. The third-order valence-corrected chi connectivity index (χ3v) is 6.21. The summed E-state index contributed by atoms with van der Waals surface area (Å²) in [4.78, 5) is 39.9. The zero-order valence-electron chi connectivity index (χ0n) is 17.0. The molecule has 2 aromatic rings. The van der Waals surface area contributed by atoms with E-state index in [2.05, 4.69) is 5.32 Å². The second-order valence-electron chi connectivity index (χ2n) is 7.58. The van der Waals surface area contributed by atoms with E-state index >= 15 is 0 Å². The number of benzene rings is 1. The molecule has 1 saturated heterocycles. The van der Waals surface area contributed by atoms with Gasteiger partial charge in [-0.15, -0.1) is 0 Å². The molecule has 3 heterocycles. The highest BCUT2D eigenvalue weighted by Gasteiger charge is 2.43. The smallest absolute Gasteiger partial charge is 0.274 e. The maximum absolute atomic E-state index is 14.1. The van der Waals surface area contributed by atoms with E-state index in [1.807, 2.05) is 0 Å². The summed E-state index contributed by atoms with van der Waals surface area (Å²) in [5, 5.41) is 12.2. The molecule has 11 heteroatoms. The number of hydrogen-bond acceptors (Lipinski definition) is 5. The molecular formula is C21H20ClF2N3O5. The Labute approximate surface area is 186 Å². The van der Waals surface area contributed by atoms with E-state index in [1.54, 1.807) is 11.8 Å². The third kappa shape index (κ3) is 3.53. The van der Waals surface area contributed by atoms with Gasteiger partial charge in [-0.3, -0.25) is 14.4 Å². The standard InChI is InChI=1S/C21H20ClF2N3O5/c1-2-26-14-9-32-6-5-13(14)27-8-11(18(28)19(29)17(27)21(26)31)20(30)25-7-10-3-4-12(23)15(22)16(10)24/h3-4,8,13-14,29H,2,5-7,9H2,1H3,(H,25,30)/t13-,14+/m0/s1. The largest absolute Gasteiger partial charge is 0.503 e. The van der Waals surface area contributed by atoms with E-state index in [0.29, 0.717) is 26.2 Å². The highest BCUT2D eigenvalue weighted by Crippen LogP contribution is 2.35. The van der Waals surface area contributed by atoms with Crippen LogP contribution in [0, 0.1) is 11.6 Å². The Balaban J connectivity index is 1.69. The summed E-state index contributed by atoms with van der Waals surface area (Å²) < 4.78 is 34.4. The number of fused-ring (bicyclic) bond motifs is 3. The van der Waals surface area contributed by atoms with Gasteiger partial charge < -0.3 is 24.6 Å². The van der Waals surface area contributed by atoms with Crippen LogP contribution in [0.5, 0.6) is 5.75 Å². The number of hydrogen-bond donors (Lipinski definition) is 2. The van der Waals surface area contributed by atoms with E-state index in [1.165, 1.54) is 10.8 Å². The fraction of sp³-hybridized carbons (Fsp3) is 0.381. The van der Waals surface area contributed by atoms with Crippen LogP contribution in [-0.4, -0.2) is 52.2 Å². The van der Waals surface area contributed by atoms with Gasteiger partial charge in [0, 0.05) is 31.5 Å². The van der Waals surface area contributed by atoms with Crippen LogP contribution >= 0.6 is 11.6 Å². The molecule has 0 bridgehead atoms. The lowest BCUT2D eigenvalue weighted by molar-refractivity contribution is -0.0176. The molecule has 2 atom stereocenters. The summed E-state index contributed by atoms with van der Waals surface area (Å²) in [6.45, 7) is 2.51. The molecule has 1 aromatic heterocycles. The lowest BCUT2D eigenvalue weighted by atomic mass is 9.96. The molecule has 0 aliphatic carbocycles. The van der Waals surface area contributed by atoms with E-state index in [4.69, 9.17) is 16.3 Å². The average molecular weight is 468 g/mol. The SMILES string of the molecule is CCN1C(=O)c2c(O)c(=O)c(C(=O)NCc3ccc(F)c(Cl)c3F)cn2[C@H]2CCOC[C@H]21. The van der Waals surface area contributed by atoms with Crippen LogP contribution in [0.3, 0.4) is 0 Å². The zero-order chi connectivity index (χ0) is 23.2. The molecule has 0 radical (unpaired) electrons. The first-order valence-electron chi connectivity index (χ1n) is 10.0. The van der Waals surface area contributed by atoms with Crippen LogP contribution in [0.25, 0.3) is 0 Å². The molecule has 8 nitrogen and oxygen atoms in total. The first kappa shape index (κ1) is 22.2. The fourth-order valence-corrected chi connectivity index (χ4v) is 4.41. The Morgan fingerprint density at radius 2 is 2.06 bits per heavy atom. The van der Waals surface area contributed by atoms with Crippen LogP contribution in [0.1, 0.15) is 45.8 Å². The Hall–Kier alpha value is -2.98. The maximum atomic E-state index is 14.1. The summed E-state index contributed by atoms with van der Waals surface area (Å²) in [5.41, 5.74) is -1.66. The van der Waals surface area contributed by atoms with Crippen molar-refractivity contribution >= 4 is 23.4 Å². The minimum atomic E-state index is -1.02. The Morgan fingerprint density at radius 3 is 2.78 bits per heavy atom. The molecular weight excluding hydrogens is 448 g/mol. The van der Waals surface area contributed by atoms with Crippen LogP contribution in [-0.2, 0) is 11.3 Å². The van der Waals surface area contributed by atoms with Crippen molar-refractivity contribution in [2.24, 2.45) is 0 Å². The fourth-order valence-electron chi connectivity index (χ4n) is 4.23. The highest BCUT2D eigenvalue weighted by atomic mass is 35.5. The number of nitrogens with one attached hydrogen (secondary N) is 1. The summed E-state index contributed by atoms with van der Waals surface area (Å²) in [7, 11) is 0. The monoisotopic (exact) mass is 467 g/mol. The molecule has 0 saturated carbocycles. The number of pyridine rings is 1. The molecule has 32 heavy (non-hydrogen) atoms. The molecule has 4 rings (SSSR count). The number of rotatable bonds is 4. The number of aromatic nitrogens is 1. The van der Waals surface area contributed by atoms with Gasteiger partial charge in [0.05, 0.1) is 18.7 Å². The first-order chi connectivity index (χ1) is 15.3. The molecule has 2 aliphatic rings. The van der Waals surface area contributed by atoms with Crippen molar-refractivity contribution in [1.29, 1.82) is 0 Å². The van der Waals surface area contributed by atoms with Gasteiger partial charge in [0.15, 0.2) is 11.4 Å². The molecule has 1 aromatic carbocycles. The summed E-state index contributed by atoms with van der Waals surface area (Å²) in [6.07, 6.45) is 1.76. The summed E-state index contributed by atoms with van der Waals surface area (Å²) in [5.74, 6) is -4.18. The predicted octanol–water partition coefficient (Wildman–Crippen LogP) is 2.22. The van der Waals surface area contributed by atoms with Crippen molar-refractivity contribution in [3.8, 4) is 5.75 Å². The molecule has 2 N–H and O–H groups in total. The number of nitrogens with zero attached hydrogens (tertiary/aromatic N) is 2. The highest BCUT2D eigenvalue weighted by molar-refractivity contribution is 6.30. The van der Waals surface area contributed by atoms with E-state index < -0.39 is 45.2 Å². The molecule has 0 unspecified atom stereocenters. The van der Waals surface area contributed by atoms with Gasteiger partial charge in [0.2, 0.25) is 5.43 Å². The normalized spacial score (nSPS) is 20.0. The van der Waals surface area contributed by atoms with Gasteiger partial charge in [-0.1, -0.05) is 17.7 Å². The number of carbonyl (C=O) groups is 2. The van der Waals surface area contributed by atoms with Crippen molar-refractivity contribution in [2.75, 3.05) is 19.8 Å². The lowest BCUT2D eigenvalue weighted by Crippen LogP contribution is -2.55. The zero-order valence-corrected chi connectivity index (χ0v) is 17.8. The summed E-state index contributed by atoms with van der Waals surface area (Å²) >= 11 is 5.55. The number of carbonyl (C=O) groups excluding carboxylic acids is 2. The minimum absolute atomic E-state index is 0.0784. The third-order valence-electron chi connectivity index (χ3n) is 5.86. The van der Waals surface area contributed by atoms with E-state index in [9.17, 15) is 28.3 Å². The van der Waals surface area contributed by atoms with Gasteiger partial charge in [-0.25, -0.2) is 8.78 Å². The van der Waals surface area contributed by atoms with Crippen LogP contribution in [0.15, 0.2) is 23.1 Å². The number of ether oxygens (including phenoxy) is 1. The second-order valence-corrected chi connectivity index (χ2v) is 7.96. The molecule has 2 aliphatic heterocycles. The second kappa shape index (κ2) is 8.51. The molecule has 170 valence electrons. The average Bonchev–Trinajstić information content (AvgIpc) is 2.79. The number of amides is 2. The molecule has 1 fully saturated rings. The van der Waals surface area contributed by atoms with Gasteiger partial charge in [0.1, 0.15) is 22.2 Å². The van der Waals surface area contributed by atoms with Gasteiger partial charge in [0.25, 0.3) is 11.8 Å². The molecule has 0 spiro atoms. The van der Waals surface area contributed by atoms with Crippen LogP contribution in [0.2, 0.25) is 5.02 Å². The van der Waals surface area contributed by atoms with Crippen molar-refractivity contribution in [3.63, 3.8) is 0 Å². The Kier molecular flexibility index (Phi) is 5.91. The maximum Gasteiger partial charge on any atom is 0.274 e. The van der Waals surface area contributed by atoms with Crippen molar-refractivity contribution in [1.82, 2.24) is 14.8 Å². The van der Waals surface area contributed by atoms with Crippen molar-refractivity contribution in [3.05, 3.63) is 62.0 Å². The van der Waals surface area contributed by atoms with Crippen molar-refractivity contribution < 1.29 is 28.2 Å². The number of halogens is 3. The van der Waals surface area contributed by atoms with E-state index in [-0.39, 0.29) is 29.9 Å². The predicted molar refractivity (Wildman–Crippen MR) is 110 cm³/mol. The van der Waals surface area contributed by atoms with E-state index in [0.717, 1.165) is 12.1 Å².